The van der Waals surface area contributed by atoms with Gasteiger partial charge in [-0.05, 0) is 25.3 Å². The number of hydrogen-bond acceptors (Lipinski definition) is 0. The fourth-order valence-corrected chi connectivity index (χ4v) is 1.33. The van der Waals surface area contributed by atoms with Crippen molar-refractivity contribution in [3.8, 4) is 0 Å². The van der Waals surface area contributed by atoms with Gasteiger partial charge < -0.3 is 0 Å². The minimum absolute atomic E-state index is 1.08. The molecule has 0 aromatic carbocycles. The normalized spacial score (nSPS) is 11.9. The summed E-state index contributed by atoms with van der Waals surface area (Å²) in [5.41, 5.74) is 0. The molecule has 0 saturated carbocycles. The lowest BCUT2D eigenvalue weighted by atomic mass is 10.1. The quantitative estimate of drug-likeness (QED) is 0.354. The summed E-state index contributed by atoms with van der Waals surface area (Å²) in [6, 6.07) is 0. The highest BCUT2D eigenvalue weighted by Gasteiger charge is 1.85. The summed E-state index contributed by atoms with van der Waals surface area (Å²) in [6.07, 6.45) is 20.1. The van der Waals surface area contributed by atoms with E-state index in [1.807, 2.05) is 0 Å². The second kappa shape index (κ2) is 12.5. The summed E-state index contributed by atoms with van der Waals surface area (Å²) in [6.45, 7) is 4.44. The second-order valence-electron chi connectivity index (χ2n) is 3.75. The Balaban J connectivity index is 3.10. The maximum absolute atomic E-state index is 3.23. The van der Waals surface area contributed by atoms with Crippen LogP contribution in [0.25, 0.3) is 0 Å². The largest absolute Gasteiger partial charge is 0.0845 e. The van der Waals surface area contributed by atoms with Gasteiger partial charge in [0.05, 0.1) is 0 Å². The van der Waals surface area contributed by atoms with Crippen molar-refractivity contribution in [2.24, 2.45) is 0 Å². The van der Waals surface area contributed by atoms with Gasteiger partial charge in [-0.15, -0.1) is 0 Å². The molecule has 0 fully saturated rings. The smallest absolute Gasteiger partial charge is 0.0279 e. The van der Waals surface area contributed by atoms with Crippen molar-refractivity contribution in [2.75, 3.05) is 0 Å². The maximum atomic E-state index is 3.23. The zero-order valence-electron chi connectivity index (χ0n) is 9.89. The van der Waals surface area contributed by atoms with Crippen LogP contribution in [0.2, 0.25) is 0 Å². The molecule has 0 aliphatic rings. The molecule has 0 atom stereocenters. The molecule has 0 spiro atoms. The van der Waals surface area contributed by atoms with Gasteiger partial charge in [0, 0.05) is 0 Å². The van der Waals surface area contributed by atoms with Crippen molar-refractivity contribution in [1.29, 1.82) is 0 Å². The standard InChI is InChI=1S/C14H25/c1-3-5-7-9-11-13-14-12-10-8-6-4-2/h10,12,14H,3-7,9,11,13H2,1-2H3. The molecule has 0 nitrogen and oxygen atoms in total. The molecular weight excluding hydrogens is 168 g/mol. The van der Waals surface area contributed by atoms with Crippen LogP contribution >= 0.6 is 0 Å². The van der Waals surface area contributed by atoms with E-state index < -0.39 is 0 Å². The summed E-state index contributed by atoms with van der Waals surface area (Å²) in [5.74, 6) is 0. The van der Waals surface area contributed by atoms with Crippen molar-refractivity contribution in [3.05, 3.63) is 24.3 Å². The molecule has 0 heterocycles. The lowest BCUT2D eigenvalue weighted by Gasteiger charge is -1.95. The Morgan fingerprint density at radius 3 is 2.43 bits per heavy atom. The maximum Gasteiger partial charge on any atom is -0.0279 e. The van der Waals surface area contributed by atoms with Crippen LogP contribution in [0.5, 0.6) is 0 Å². The first-order chi connectivity index (χ1) is 6.91. The van der Waals surface area contributed by atoms with Crippen LogP contribution in [0.1, 0.15) is 65.2 Å². The van der Waals surface area contributed by atoms with Gasteiger partial charge in [0.1, 0.15) is 0 Å². The Labute approximate surface area is 90.1 Å². The summed E-state index contributed by atoms with van der Waals surface area (Å²) >= 11 is 0. The lowest BCUT2D eigenvalue weighted by molar-refractivity contribution is 0.637. The molecule has 0 unspecified atom stereocenters. The third-order valence-electron chi connectivity index (χ3n) is 2.22. The van der Waals surface area contributed by atoms with E-state index in [2.05, 4.69) is 38.2 Å². The van der Waals surface area contributed by atoms with Gasteiger partial charge in [-0.1, -0.05) is 64.2 Å². The number of hydrogen-bond donors (Lipinski definition) is 0. The Morgan fingerprint density at radius 1 is 0.929 bits per heavy atom. The molecule has 0 amide bonds. The fraction of sp³-hybridized carbons (Fsp3) is 0.714. The summed E-state index contributed by atoms with van der Waals surface area (Å²) in [5, 5.41) is 0. The predicted octanol–water partition coefficient (Wildman–Crippen LogP) is 5.06. The van der Waals surface area contributed by atoms with Gasteiger partial charge in [0.2, 0.25) is 0 Å². The Hall–Kier alpha value is -0.520. The average molecular weight is 193 g/mol. The Kier molecular flexibility index (Phi) is 12.0. The summed E-state index contributed by atoms with van der Waals surface area (Å²) in [7, 11) is 0. The first-order valence-electron chi connectivity index (χ1n) is 6.13. The molecule has 0 saturated heterocycles. The van der Waals surface area contributed by atoms with E-state index in [0.29, 0.717) is 0 Å². The first-order valence-corrected chi connectivity index (χ1v) is 6.13. The molecule has 14 heavy (non-hydrogen) atoms. The van der Waals surface area contributed by atoms with Crippen LogP contribution in [0.3, 0.4) is 0 Å². The number of unbranched alkanes of at least 4 members (excludes halogenated alkanes) is 6. The molecule has 0 aliphatic heterocycles. The third-order valence-corrected chi connectivity index (χ3v) is 2.22. The molecular formula is C14H25. The molecule has 0 rings (SSSR count). The van der Waals surface area contributed by atoms with E-state index in [1.54, 1.807) is 0 Å². The Bertz CT molecular complexity index is 142. The summed E-state index contributed by atoms with van der Waals surface area (Å²) in [4.78, 5) is 0. The van der Waals surface area contributed by atoms with E-state index in [4.69, 9.17) is 0 Å². The zero-order valence-corrected chi connectivity index (χ0v) is 9.89. The first kappa shape index (κ1) is 13.5. The second-order valence-corrected chi connectivity index (χ2v) is 3.75. The number of allylic oxidation sites excluding steroid dienone is 4. The van der Waals surface area contributed by atoms with E-state index >= 15 is 0 Å². The SMILES string of the molecule is CCC/[C]=C/C=CCCCCCCC. The van der Waals surface area contributed by atoms with Crippen molar-refractivity contribution in [3.63, 3.8) is 0 Å². The van der Waals surface area contributed by atoms with Crippen LogP contribution in [0, 0.1) is 6.08 Å². The highest BCUT2D eigenvalue weighted by molar-refractivity contribution is 4.98. The van der Waals surface area contributed by atoms with Crippen LogP contribution in [0.15, 0.2) is 18.2 Å². The van der Waals surface area contributed by atoms with Crippen LogP contribution in [-0.2, 0) is 0 Å². The van der Waals surface area contributed by atoms with Gasteiger partial charge in [-0.25, -0.2) is 0 Å². The van der Waals surface area contributed by atoms with Gasteiger partial charge >= 0.3 is 0 Å². The molecule has 0 aliphatic carbocycles. The van der Waals surface area contributed by atoms with Gasteiger partial charge in [0.25, 0.3) is 0 Å². The minimum Gasteiger partial charge on any atom is -0.0845 e. The van der Waals surface area contributed by atoms with E-state index in [-0.39, 0.29) is 0 Å². The third kappa shape index (κ3) is 11.5. The molecule has 0 heteroatoms. The molecule has 81 valence electrons. The van der Waals surface area contributed by atoms with Crippen LogP contribution < -0.4 is 0 Å². The predicted molar refractivity (Wildman–Crippen MR) is 65.2 cm³/mol. The zero-order chi connectivity index (χ0) is 10.5. The lowest BCUT2D eigenvalue weighted by Crippen LogP contribution is -1.75. The molecule has 0 N–H and O–H groups in total. The van der Waals surface area contributed by atoms with Gasteiger partial charge in [0.15, 0.2) is 0 Å². The van der Waals surface area contributed by atoms with E-state index in [9.17, 15) is 0 Å². The summed E-state index contributed by atoms with van der Waals surface area (Å²) < 4.78 is 0. The van der Waals surface area contributed by atoms with Crippen molar-refractivity contribution < 1.29 is 0 Å². The van der Waals surface area contributed by atoms with Crippen molar-refractivity contribution >= 4 is 0 Å². The topological polar surface area (TPSA) is 0 Å². The average Bonchev–Trinajstić information content (AvgIpc) is 2.21. The van der Waals surface area contributed by atoms with Crippen LogP contribution in [-0.4, -0.2) is 0 Å². The van der Waals surface area contributed by atoms with Gasteiger partial charge in [-0.2, -0.15) is 0 Å². The Morgan fingerprint density at radius 2 is 1.71 bits per heavy atom. The van der Waals surface area contributed by atoms with Crippen LogP contribution in [0.4, 0.5) is 0 Å². The van der Waals surface area contributed by atoms with Crippen molar-refractivity contribution in [1.82, 2.24) is 0 Å². The highest BCUT2D eigenvalue weighted by Crippen LogP contribution is 2.05. The van der Waals surface area contributed by atoms with E-state index in [0.717, 1.165) is 6.42 Å². The highest BCUT2D eigenvalue weighted by atomic mass is 13.9. The molecule has 0 aromatic heterocycles. The number of rotatable bonds is 9. The fourth-order valence-electron chi connectivity index (χ4n) is 1.33. The molecule has 0 aromatic rings. The van der Waals surface area contributed by atoms with Gasteiger partial charge in [-0.3, -0.25) is 0 Å². The molecule has 1 radical (unpaired) electrons. The van der Waals surface area contributed by atoms with E-state index in [1.165, 1.54) is 44.9 Å². The monoisotopic (exact) mass is 193 g/mol. The molecule has 0 bridgehead atoms. The minimum atomic E-state index is 1.08. The van der Waals surface area contributed by atoms with Crippen molar-refractivity contribution in [2.45, 2.75) is 65.2 Å².